The summed E-state index contributed by atoms with van der Waals surface area (Å²) >= 11 is 0. The summed E-state index contributed by atoms with van der Waals surface area (Å²) < 4.78 is 1.85. The SMILES string of the molecule is Cc1nc(C2(N)CCCCCC2)n(C)n1. The summed E-state index contributed by atoms with van der Waals surface area (Å²) in [6.07, 6.45) is 7.11. The molecule has 0 aromatic carbocycles. The maximum absolute atomic E-state index is 6.47. The molecule has 1 heterocycles. The molecule has 0 radical (unpaired) electrons. The van der Waals surface area contributed by atoms with Gasteiger partial charge in [-0.05, 0) is 19.8 Å². The van der Waals surface area contributed by atoms with Gasteiger partial charge in [0.2, 0.25) is 0 Å². The predicted octanol–water partition coefficient (Wildman–Crippen LogP) is 1.63. The monoisotopic (exact) mass is 208 g/mol. The van der Waals surface area contributed by atoms with Gasteiger partial charge in [0.15, 0.2) is 0 Å². The summed E-state index contributed by atoms with van der Waals surface area (Å²) in [6.45, 7) is 1.92. The van der Waals surface area contributed by atoms with Gasteiger partial charge in [0, 0.05) is 7.05 Å². The summed E-state index contributed by atoms with van der Waals surface area (Å²) in [5.41, 5.74) is 6.23. The molecule has 4 heteroatoms. The summed E-state index contributed by atoms with van der Waals surface area (Å²) in [4.78, 5) is 4.47. The summed E-state index contributed by atoms with van der Waals surface area (Å²) in [6, 6.07) is 0. The Hall–Kier alpha value is -0.900. The molecule has 1 aliphatic carbocycles. The molecule has 0 unspecified atom stereocenters. The van der Waals surface area contributed by atoms with Crippen LogP contribution >= 0.6 is 0 Å². The number of aryl methyl sites for hydroxylation is 2. The topological polar surface area (TPSA) is 56.7 Å². The standard InChI is InChI=1S/C11H20N4/c1-9-13-10(15(2)14-9)11(12)7-5-3-4-6-8-11/h3-8,12H2,1-2H3. The first-order chi connectivity index (χ1) is 7.12. The van der Waals surface area contributed by atoms with Crippen LogP contribution in [0.2, 0.25) is 0 Å². The van der Waals surface area contributed by atoms with Crippen LogP contribution in [0.1, 0.15) is 50.2 Å². The second-order valence-electron chi connectivity index (χ2n) is 4.68. The van der Waals surface area contributed by atoms with E-state index >= 15 is 0 Å². The van der Waals surface area contributed by atoms with Gasteiger partial charge in [0.05, 0.1) is 5.54 Å². The van der Waals surface area contributed by atoms with Crippen molar-refractivity contribution < 1.29 is 0 Å². The van der Waals surface area contributed by atoms with Crippen LogP contribution in [0.25, 0.3) is 0 Å². The molecule has 15 heavy (non-hydrogen) atoms. The minimum atomic E-state index is -0.244. The molecule has 2 N–H and O–H groups in total. The van der Waals surface area contributed by atoms with Crippen molar-refractivity contribution in [1.82, 2.24) is 14.8 Å². The molecule has 0 atom stereocenters. The van der Waals surface area contributed by atoms with Gasteiger partial charge in [-0.1, -0.05) is 25.7 Å². The fourth-order valence-electron chi connectivity index (χ4n) is 2.53. The van der Waals surface area contributed by atoms with Crippen molar-refractivity contribution in [2.45, 2.75) is 51.0 Å². The molecule has 0 bridgehead atoms. The molecule has 84 valence electrons. The molecule has 1 aliphatic rings. The molecule has 4 nitrogen and oxygen atoms in total. The molecule has 0 aliphatic heterocycles. The third-order valence-electron chi connectivity index (χ3n) is 3.31. The van der Waals surface area contributed by atoms with Crippen molar-refractivity contribution in [1.29, 1.82) is 0 Å². The van der Waals surface area contributed by atoms with Gasteiger partial charge in [-0.3, -0.25) is 4.68 Å². The Kier molecular flexibility index (Phi) is 2.78. The average Bonchev–Trinajstić information content (AvgIpc) is 2.40. The van der Waals surface area contributed by atoms with E-state index in [-0.39, 0.29) is 5.54 Å². The fraction of sp³-hybridized carbons (Fsp3) is 0.818. The first-order valence-electron chi connectivity index (χ1n) is 5.79. The Bertz CT molecular complexity index is 334. The molecule has 0 amide bonds. The van der Waals surface area contributed by atoms with Crippen LogP contribution in [-0.4, -0.2) is 14.8 Å². The van der Waals surface area contributed by atoms with Crippen LogP contribution in [0.3, 0.4) is 0 Å². The van der Waals surface area contributed by atoms with Gasteiger partial charge in [0.1, 0.15) is 11.6 Å². The average molecular weight is 208 g/mol. The highest BCUT2D eigenvalue weighted by molar-refractivity contribution is 5.07. The van der Waals surface area contributed by atoms with E-state index in [1.54, 1.807) is 0 Å². The van der Waals surface area contributed by atoms with Crippen LogP contribution in [0.15, 0.2) is 0 Å². The largest absolute Gasteiger partial charge is 0.319 e. The van der Waals surface area contributed by atoms with Crippen molar-refractivity contribution in [3.05, 3.63) is 11.6 Å². The Morgan fingerprint density at radius 2 is 1.80 bits per heavy atom. The lowest BCUT2D eigenvalue weighted by molar-refractivity contribution is 0.348. The van der Waals surface area contributed by atoms with Crippen molar-refractivity contribution >= 4 is 0 Å². The van der Waals surface area contributed by atoms with Gasteiger partial charge in [-0.15, -0.1) is 0 Å². The van der Waals surface area contributed by atoms with Crippen molar-refractivity contribution in [2.24, 2.45) is 12.8 Å². The summed E-state index contributed by atoms with van der Waals surface area (Å²) in [5.74, 6) is 1.78. The molecule has 1 aromatic heterocycles. The van der Waals surface area contributed by atoms with Crippen LogP contribution in [0, 0.1) is 6.92 Å². The number of nitrogens with two attached hydrogens (primary N) is 1. The lowest BCUT2D eigenvalue weighted by Crippen LogP contribution is -2.38. The van der Waals surface area contributed by atoms with E-state index in [0.29, 0.717) is 0 Å². The van der Waals surface area contributed by atoms with E-state index in [1.807, 2.05) is 18.7 Å². The molecule has 0 spiro atoms. The molecule has 0 saturated heterocycles. The molecule has 2 rings (SSSR count). The molecular formula is C11H20N4. The zero-order valence-electron chi connectivity index (χ0n) is 9.66. The Labute approximate surface area is 90.9 Å². The van der Waals surface area contributed by atoms with Gasteiger partial charge in [-0.2, -0.15) is 5.10 Å². The Morgan fingerprint density at radius 1 is 1.20 bits per heavy atom. The number of hydrogen-bond donors (Lipinski definition) is 1. The third-order valence-corrected chi connectivity index (χ3v) is 3.31. The minimum Gasteiger partial charge on any atom is -0.319 e. The van der Waals surface area contributed by atoms with Crippen molar-refractivity contribution in [3.63, 3.8) is 0 Å². The lowest BCUT2D eigenvalue weighted by Gasteiger charge is -2.26. The highest BCUT2D eigenvalue weighted by Gasteiger charge is 2.32. The van der Waals surface area contributed by atoms with E-state index < -0.39 is 0 Å². The second-order valence-corrected chi connectivity index (χ2v) is 4.68. The number of nitrogens with zero attached hydrogens (tertiary/aromatic N) is 3. The van der Waals surface area contributed by atoms with Crippen molar-refractivity contribution in [2.75, 3.05) is 0 Å². The summed E-state index contributed by atoms with van der Waals surface area (Å²) in [5, 5.41) is 4.29. The normalized spacial score (nSPS) is 21.3. The van der Waals surface area contributed by atoms with Crippen LogP contribution < -0.4 is 5.73 Å². The molecular weight excluding hydrogens is 188 g/mol. The van der Waals surface area contributed by atoms with Crippen LogP contribution in [0.5, 0.6) is 0 Å². The molecule has 1 saturated carbocycles. The Morgan fingerprint density at radius 3 is 2.27 bits per heavy atom. The first kappa shape index (κ1) is 10.6. The minimum absolute atomic E-state index is 0.244. The van der Waals surface area contributed by atoms with E-state index in [0.717, 1.165) is 24.5 Å². The zero-order chi connectivity index (χ0) is 10.9. The highest BCUT2D eigenvalue weighted by atomic mass is 15.3. The zero-order valence-corrected chi connectivity index (χ0v) is 9.66. The highest BCUT2D eigenvalue weighted by Crippen LogP contribution is 2.32. The van der Waals surface area contributed by atoms with E-state index in [4.69, 9.17) is 5.73 Å². The van der Waals surface area contributed by atoms with Crippen LogP contribution in [0.4, 0.5) is 0 Å². The van der Waals surface area contributed by atoms with Gasteiger partial charge in [-0.25, -0.2) is 4.98 Å². The van der Waals surface area contributed by atoms with Gasteiger partial charge < -0.3 is 5.73 Å². The lowest BCUT2D eigenvalue weighted by atomic mass is 9.90. The van der Waals surface area contributed by atoms with Gasteiger partial charge in [0.25, 0.3) is 0 Å². The van der Waals surface area contributed by atoms with Crippen LogP contribution in [-0.2, 0) is 12.6 Å². The summed E-state index contributed by atoms with van der Waals surface area (Å²) in [7, 11) is 1.94. The molecule has 1 fully saturated rings. The maximum atomic E-state index is 6.47. The number of rotatable bonds is 1. The predicted molar refractivity (Wildman–Crippen MR) is 59.3 cm³/mol. The second kappa shape index (κ2) is 3.93. The maximum Gasteiger partial charge on any atom is 0.147 e. The van der Waals surface area contributed by atoms with Crippen molar-refractivity contribution in [3.8, 4) is 0 Å². The first-order valence-corrected chi connectivity index (χ1v) is 5.79. The van der Waals surface area contributed by atoms with E-state index in [1.165, 1.54) is 25.7 Å². The third kappa shape index (κ3) is 2.04. The number of hydrogen-bond acceptors (Lipinski definition) is 3. The quantitative estimate of drug-likeness (QED) is 0.714. The van der Waals surface area contributed by atoms with E-state index in [9.17, 15) is 0 Å². The Balaban J connectivity index is 2.30. The van der Waals surface area contributed by atoms with E-state index in [2.05, 4.69) is 10.1 Å². The smallest absolute Gasteiger partial charge is 0.147 e. The molecule has 1 aromatic rings. The van der Waals surface area contributed by atoms with Gasteiger partial charge >= 0.3 is 0 Å². The number of aromatic nitrogens is 3. The fourth-order valence-corrected chi connectivity index (χ4v) is 2.53.